The summed E-state index contributed by atoms with van der Waals surface area (Å²) in [6.45, 7) is 3.93. The lowest BCUT2D eigenvalue weighted by Crippen LogP contribution is -2.21. The van der Waals surface area contributed by atoms with Crippen molar-refractivity contribution in [2.24, 2.45) is 0 Å². The van der Waals surface area contributed by atoms with Gasteiger partial charge in [0.15, 0.2) is 0 Å². The topological polar surface area (TPSA) is 118 Å². The molecule has 0 aromatic heterocycles. The third-order valence-corrected chi connectivity index (χ3v) is 7.07. The van der Waals surface area contributed by atoms with Crippen LogP contribution in [0.4, 0.5) is 4.39 Å². The Morgan fingerprint density at radius 3 is 2.67 bits per heavy atom. The first-order chi connectivity index (χ1) is 19.1. The monoisotopic (exact) mass is 547 g/mol. The Labute approximate surface area is 231 Å². The van der Waals surface area contributed by atoms with Crippen molar-refractivity contribution in [2.45, 2.75) is 57.2 Å². The summed E-state index contributed by atoms with van der Waals surface area (Å²) in [4.78, 5) is 11.1. The molecule has 0 radical (unpaired) electrons. The fraction of sp³-hybridized carbons (Fsp3) is 0.355. The molecule has 208 valence electrons. The molecule has 0 saturated carbocycles. The van der Waals surface area contributed by atoms with Crippen LogP contribution in [0.1, 0.15) is 67.4 Å². The van der Waals surface area contributed by atoms with Crippen LogP contribution in [0, 0.1) is 17.1 Å². The van der Waals surface area contributed by atoms with Crippen molar-refractivity contribution < 1.29 is 38.3 Å². The zero-order chi connectivity index (χ0) is 28.4. The number of hydrogen-bond donors (Lipinski definition) is 2. The molecule has 3 aromatic carbocycles. The van der Waals surface area contributed by atoms with Crippen molar-refractivity contribution in [3.63, 3.8) is 0 Å². The van der Waals surface area contributed by atoms with Gasteiger partial charge in [0.05, 0.1) is 30.8 Å². The van der Waals surface area contributed by atoms with Crippen LogP contribution in [0.15, 0.2) is 48.5 Å². The minimum atomic E-state index is -0.881. The van der Waals surface area contributed by atoms with E-state index in [9.17, 15) is 15.2 Å². The highest BCUT2D eigenvalue weighted by Gasteiger charge is 2.32. The fourth-order valence-corrected chi connectivity index (χ4v) is 5.05. The molecule has 2 atom stereocenters. The number of nitriles is 1. The van der Waals surface area contributed by atoms with E-state index in [1.165, 1.54) is 6.07 Å². The Balaban J connectivity index is 1.31. The molecule has 3 aromatic rings. The maximum Gasteiger partial charge on any atom is 0.304 e. The van der Waals surface area contributed by atoms with Gasteiger partial charge in [0.1, 0.15) is 46.7 Å². The number of hydrogen-bond acceptors (Lipinski definition) is 7. The molecular weight excluding hydrogens is 517 g/mol. The molecule has 40 heavy (non-hydrogen) atoms. The number of ether oxygens (including phenoxy) is 4. The quantitative estimate of drug-likeness (QED) is 0.315. The molecule has 5 rings (SSSR count). The second kappa shape index (κ2) is 11.1. The normalized spacial score (nSPS) is 17.4. The molecular formula is C31H30FNO7. The maximum absolute atomic E-state index is 15.0. The predicted octanol–water partition coefficient (Wildman–Crippen LogP) is 6.05. The highest BCUT2D eigenvalue weighted by atomic mass is 19.1. The first kappa shape index (κ1) is 27.3. The lowest BCUT2D eigenvalue weighted by Gasteiger charge is -2.18. The zero-order valence-corrected chi connectivity index (χ0v) is 22.3. The molecule has 2 aliphatic rings. The standard InChI is InChI=1S/C31H30FNO7/c1-31(2,36)11-12-37-25-8-4-20(13-18(25)16-33)39-26-10-7-24(32)30-23(26)6-9-27(30)40-21-3-5-22-19(14-29(34)35)17-38-28(22)15-21/h3-5,7-8,10,13,15,19,27,36H,6,9,11-12,14,17H2,1-2H3,(H,34,35)/t19?,27-/m1/s1. The third-order valence-electron chi connectivity index (χ3n) is 7.07. The van der Waals surface area contributed by atoms with E-state index in [2.05, 4.69) is 6.07 Å². The first-order valence-corrected chi connectivity index (χ1v) is 13.1. The molecule has 0 saturated heterocycles. The van der Waals surface area contributed by atoms with Crippen molar-refractivity contribution in [1.29, 1.82) is 5.26 Å². The van der Waals surface area contributed by atoms with Crippen molar-refractivity contribution >= 4 is 5.97 Å². The average molecular weight is 548 g/mol. The van der Waals surface area contributed by atoms with E-state index in [4.69, 9.17) is 24.1 Å². The first-order valence-electron chi connectivity index (χ1n) is 13.1. The van der Waals surface area contributed by atoms with E-state index in [0.29, 0.717) is 65.7 Å². The molecule has 1 aliphatic heterocycles. The molecule has 1 aliphatic carbocycles. The van der Waals surface area contributed by atoms with Crippen LogP contribution in [0.25, 0.3) is 0 Å². The van der Waals surface area contributed by atoms with Gasteiger partial charge in [-0.1, -0.05) is 6.07 Å². The van der Waals surface area contributed by atoms with Gasteiger partial charge in [-0.25, -0.2) is 4.39 Å². The number of rotatable bonds is 10. The van der Waals surface area contributed by atoms with Crippen molar-refractivity contribution in [1.82, 2.24) is 0 Å². The largest absolute Gasteiger partial charge is 0.492 e. The molecule has 8 nitrogen and oxygen atoms in total. The van der Waals surface area contributed by atoms with Crippen molar-refractivity contribution in [3.05, 3.63) is 76.6 Å². The lowest BCUT2D eigenvalue weighted by molar-refractivity contribution is -0.137. The SMILES string of the molecule is CC(C)(O)CCOc1ccc(Oc2ccc(F)c3c2CC[C@H]3Oc2ccc3c(c2)OCC3CC(=O)O)cc1C#N. The average Bonchev–Trinajstić information content (AvgIpc) is 3.50. The van der Waals surface area contributed by atoms with Gasteiger partial charge in [0.2, 0.25) is 0 Å². The van der Waals surface area contributed by atoms with E-state index < -0.39 is 23.5 Å². The van der Waals surface area contributed by atoms with Crippen LogP contribution in [-0.4, -0.2) is 35.0 Å². The molecule has 2 N–H and O–H groups in total. The minimum Gasteiger partial charge on any atom is -0.492 e. The van der Waals surface area contributed by atoms with E-state index in [1.807, 2.05) is 6.07 Å². The second-order valence-electron chi connectivity index (χ2n) is 10.7. The van der Waals surface area contributed by atoms with Crippen LogP contribution in [0.3, 0.4) is 0 Å². The van der Waals surface area contributed by atoms with Crippen molar-refractivity contribution in [2.75, 3.05) is 13.2 Å². The summed E-state index contributed by atoms with van der Waals surface area (Å²) in [7, 11) is 0. The Hall–Kier alpha value is -4.29. The highest BCUT2D eigenvalue weighted by molar-refractivity contribution is 5.69. The molecule has 0 bridgehead atoms. The van der Waals surface area contributed by atoms with Gasteiger partial charge in [-0.3, -0.25) is 4.79 Å². The zero-order valence-electron chi connectivity index (χ0n) is 22.3. The lowest BCUT2D eigenvalue weighted by atomic mass is 9.98. The molecule has 0 spiro atoms. The number of aliphatic carboxylic acids is 1. The Morgan fingerprint density at radius 2 is 1.93 bits per heavy atom. The van der Waals surface area contributed by atoms with Gasteiger partial charge in [0.25, 0.3) is 0 Å². The van der Waals surface area contributed by atoms with Gasteiger partial charge >= 0.3 is 5.97 Å². The highest BCUT2D eigenvalue weighted by Crippen LogP contribution is 2.44. The van der Waals surface area contributed by atoms with Gasteiger partial charge in [-0.2, -0.15) is 5.26 Å². The van der Waals surface area contributed by atoms with Crippen LogP contribution in [-0.2, 0) is 11.2 Å². The van der Waals surface area contributed by atoms with E-state index in [-0.39, 0.29) is 24.5 Å². The van der Waals surface area contributed by atoms with E-state index in [1.54, 1.807) is 50.2 Å². The molecule has 0 amide bonds. The third kappa shape index (κ3) is 5.97. The summed E-state index contributed by atoms with van der Waals surface area (Å²) in [5, 5.41) is 28.6. The number of carbonyl (C=O) groups is 1. The van der Waals surface area contributed by atoms with E-state index in [0.717, 1.165) is 5.56 Å². The van der Waals surface area contributed by atoms with Crippen LogP contribution < -0.4 is 18.9 Å². The predicted molar refractivity (Wildman–Crippen MR) is 143 cm³/mol. The van der Waals surface area contributed by atoms with Gasteiger partial charge in [-0.05, 0) is 57.0 Å². The smallest absolute Gasteiger partial charge is 0.304 e. The Bertz CT molecular complexity index is 1470. The number of nitrogens with zero attached hydrogens (tertiary/aromatic N) is 1. The number of benzene rings is 3. The molecule has 1 unspecified atom stereocenters. The van der Waals surface area contributed by atoms with Crippen LogP contribution in [0.2, 0.25) is 0 Å². The second-order valence-corrected chi connectivity index (χ2v) is 10.7. The van der Waals surface area contributed by atoms with Gasteiger partial charge < -0.3 is 29.2 Å². The molecule has 1 heterocycles. The van der Waals surface area contributed by atoms with Gasteiger partial charge in [0, 0.05) is 41.2 Å². The maximum atomic E-state index is 15.0. The summed E-state index contributed by atoms with van der Waals surface area (Å²) in [5.74, 6) is 0.903. The van der Waals surface area contributed by atoms with Crippen molar-refractivity contribution in [3.8, 4) is 34.8 Å². The summed E-state index contributed by atoms with van der Waals surface area (Å²) in [5.41, 5.74) is 1.37. The molecule has 9 heteroatoms. The fourth-order valence-electron chi connectivity index (χ4n) is 5.05. The van der Waals surface area contributed by atoms with Crippen LogP contribution in [0.5, 0.6) is 28.7 Å². The summed E-state index contributed by atoms with van der Waals surface area (Å²) in [6.07, 6.45) is 0.951. The summed E-state index contributed by atoms with van der Waals surface area (Å²) in [6, 6.07) is 15.2. The summed E-state index contributed by atoms with van der Waals surface area (Å²) < 4.78 is 38.7. The Morgan fingerprint density at radius 1 is 1.15 bits per heavy atom. The Kier molecular flexibility index (Phi) is 7.55. The summed E-state index contributed by atoms with van der Waals surface area (Å²) >= 11 is 0. The number of halogens is 1. The molecule has 0 fully saturated rings. The number of carboxylic acid groups (broad SMARTS) is 1. The number of aliphatic hydroxyl groups is 1. The number of fused-ring (bicyclic) bond motifs is 2. The van der Waals surface area contributed by atoms with Gasteiger partial charge in [-0.15, -0.1) is 0 Å². The number of carboxylic acids is 1. The van der Waals surface area contributed by atoms with Crippen LogP contribution >= 0.6 is 0 Å². The van der Waals surface area contributed by atoms with E-state index >= 15 is 4.39 Å². The minimum absolute atomic E-state index is 0.00907.